The van der Waals surface area contributed by atoms with Gasteiger partial charge in [-0.2, -0.15) is 5.10 Å². The Hall–Kier alpha value is -0.830. The fraction of sp³-hybridized carbons (Fsp3) is 0.700. The largest absolute Gasteiger partial charge is 0.326 e. The van der Waals surface area contributed by atoms with Crippen molar-refractivity contribution in [3.8, 4) is 0 Å². The highest BCUT2D eigenvalue weighted by atomic mass is 15.1. The minimum atomic E-state index is 0.474. The van der Waals surface area contributed by atoms with Gasteiger partial charge in [0.1, 0.15) is 0 Å². The molecule has 1 aliphatic rings. The van der Waals surface area contributed by atoms with Crippen molar-refractivity contribution in [1.82, 2.24) is 10.2 Å². The molecule has 0 saturated heterocycles. The lowest BCUT2D eigenvalue weighted by Gasteiger charge is -2.04. The average molecular weight is 179 g/mol. The third-order valence-corrected chi connectivity index (χ3v) is 2.67. The average Bonchev–Trinajstić information content (AvgIpc) is 2.84. The van der Waals surface area contributed by atoms with Crippen molar-refractivity contribution in [3.05, 3.63) is 17.0 Å². The molecule has 1 aromatic heterocycles. The van der Waals surface area contributed by atoms with Gasteiger partial charge in [0.15, 0.2) is 0 Å². The van der Waals surface area contributed by atoms with Gasteiger partial charge in [0.25, 0.3) is 0 Å². The van der Waals surface area contributed by atoms with Gasteiger partial charge in [0, 0.05) is 23.7 Å². The number of aromatic amines is 1. The zero-order valence-electron chi connectivity index (χ0n) is 8.30. The van der Waals surface area contributed by atoms with Gasteiger partial charge in [0.05, 0.1) is 5.69 Å². The molecule has 1 aliphatic carbocycles. The van der Waals surface area contributed by atoms with Gasteiger partial charge in [0.2, 0.25) is 0 Å². The molecule has 0 spiro atoms. The van der Waals surface area contributed by atoms with E-state index in [1.165, 1.54) is 24.1 Å². The topological polar surface area (TPSA) is 54.7 Å². The number of nitrogens with one attached hydrogen (secondary N) is 1. The van der Waals surface area contributed by atoms with Crippen molar-refractivity contribution >= 4 is 0 Å². The molecule has 1 fully saturated rings. The van der Waals surface area contributed by atoms with Crippen molar-refractivity contribution in [2.75, 3.05) is 0 Å². The van der Waals surface area contributed by atoms with Crippen LogP contribution in [0.25, 0.3) is 0 Å². The quantitative estimate of drug-likeness (QED) is 0.744. The lowest BCUT2D eigenvalue weighted by Crippen LogP contribution is -2.03. The third kappa shape index (κ3) is 1.48. The van der Waals surface area contributed by atoms with E-state index in [0.717, 1.165) is 11.6 Å². The smallest absolute Gasteiger partial charge is 0.0695 e. The van der Waals surface area contributed by atoms with Crippen LogP contribution >= 0.6 is 0 Å². The standard InChI is InChI=1S/C10H17N3/c1-6(2)9-8(5-11)10(13-12-9)7-3-4-7/h6-7H,3-5,11H2,1-2H3,(H,12,13). The van der Waals surface area contributed by atoms with E-state index in [1.807, 2.05) is 0 Å². The highest BCUT2D eigenvalue weighted by Crippen LogP contribution is 2.41. The van der Waals surface area contributed by atoms with E-state index in [-0.39, 0.29) is 0 Å². The lowest BCUT2D eigenvalue weighted by molar-refractivity contribution is 0.794. The van der Waals surface area contributed by atoms with Crippen LogP contribution in [-0.2, 0) is 6.54 Å². The van der Waals surface area contributed by atoms with Crippen LogP contribution in [0.5, 0.6) is 0 Å². The fourth-order valence-electron chi connectivity index (χ4n) is 1.80. The van der Waals surface area contributed by atoms with Crippen LogP contribution in [0.15, 0.2) is 0 Å². The maximum atomic E-state index is 5.74. The van der Waals surface area contributed by atoms with Gasteiger partial charge in [-0.1, -0.05) is 13.8 Å². The van der Waals surface area contributed by atoms with E-state index >= 15 is 0 Å². The van der Waals surface area contributed by atoms with Crippen molar-refractivity contribution < 1.29 is 0 Å². The molecule has 3 heteroatoms. The van der Waals surface area contributed by atoms with E-state index in [9.17, 15) is 0 Å². The highest BCUT2D eigenvalue weighted by Gasteiger charge is 2.29. The molecule has 0 bridgehead atoms. The Morgan fingerprint density at radius 1 is 1.54 bits per heavy atom. The maximum absolute atomic E-state index is 5.74. The molecule has 0 aliphatic heterocycles. The molecule has 72 valence electrons. The van der Waals surface area contributed by atoms with Crippen LogP contribution in [0.4, 0.5) is 0 Å². The Morgan fingerprint density at radius 3 is 2.69 bits per heavy atom. The van der Waals surface area contributed by atoms with E-state index in [2.05, 4.69) is 24.0 Å². The highest BCUT2D eigenvalue weighted by molar-refractivity contribution is 5.32. The molecule has 0 radical (unpaired) electrons. The summed E-state index contributed by atoms with van der Waals surface area (Å²) in [5.74, 6) is 1.20. The van der Waals surface area contributed by atoms with Gasteiger partial charge in [-0.25, -0.2) is 0 Å². The Morgan fingerprint density at radius 2 is 2.23 bits per heavy atom. The van der Waals surface area contributed by atoms with Crippen LogP contribution in [0.2, 0.25) is 0 Å². The second-order valence-electron chi connectivity index (χ2n) is 4.13. The first kappa shape index (κ1) is 8.75. The molecule has 1 saturated carbocycles. The van der Waals surface area contributed by atoms with E-state index in [0.29, 0.717) is 12.5 Å². The monoisotopic (exact) mass is 179 g/mol. The van der Waals surface area contributed by atoms with Crippen molar-refractivity contribution in [1.29, 1.82) is 0 Å². The van der Waals surface area contributed by atoms with Crippen molar-refractivity contribution in [2.45, 2.75) is 45.1 Å². The second kappa shape index (κ2) is 3.14. The summed E-state index contributed by atoms with van der Waals surface area (Å²) in [6.45, 7) is 4.94. The maximum Gasteiger partial charge on any atom is 0.0695 e. The predicted molar refractivity (Wildman–Crippen MR) is 52.5 cm³/mol. The number of nitrogens with zero attached hydrogens (tertiary/aromatic N) is 1. The summed E-state index contributed by atoms with van der Waals surface area (Å²) in [7, 11) is 0. The van der Waals surface area contributed by atoms with Crippen LogP contribution in [0.3, 0.4) is 0 Å². The number of hydrogen-bond acceptors (Lipinski definition) is 2. The van der Waals surface area contributed by atoms with E-state index in [1.54, 1.807) is 0 Å². The SMILES string of the molecule is CC(C)c1n[nH]c(C2CC2)c1CN. The first-order valence-electron chi connectivity index (χ1n) is 5.01. The summed E-state index contributed by atoms with van der Waals surface area (Å²) < 4.78 is 0. The molecule has 0 aromatic carbocycles. The molecular weight excluding hydrogens is 162 g/mol. The third-order valence-electron chi connectivity index (χ3n) is 2.67. The predicted octanol–water partition coefficient (Wildman–Crippen LogP) is 1.87. The Labute approximate surface area is 78.7 Å². The Balaban J connectivity index is 2.35. The van der Waals surface area contributed by atoms with Crippen LogP contribution in [0, 0.1) is 0 Å². The summed E-state index contributed by atoms with van der Waals surface area (Å²) in [5, 5.41) is 7.48. The summed E-state index contributed by atoms with van der Waals surface area (Å²) in [6, 6.07) is 0. The fourth-order valence-corrected chi connectivity index (χ4v) is 1.80. The second-order valence-corrected chi connectivity index (χ2v) is 4.13. The zero-order chi connectivity index (χ0) is 9.42. The van der Waals surface area contributed by atoms with E-state index < -0.39 is 0 Å². The van der Waals surface area contributed by atoms with Crippen LogP contribution < -0.4 is 5.73 Å². The van der Waals surface area contributed by atoms with Gasteiger partial charge in [-0.15, -0.1) is 0 Å². The minimum Gasteiger partial charge on any atom is -0.326 e. The van der Waals surface area contributed by atoms with Crippen LogP contribution in [-0.4, -0.2) is 10.2 Å². The molecule has 0 amide bonds. The first-order chi connectivity index (χ1) is 6.24. The van der Waals surface area contributed by atoms with E-state index in [4.69, 9.17) is 5.73 Å². The lowest BCUT2D eigenvalue weighted by atomic mass is 10.0. The molecule has 3 N–H and O–H groups in total. The minimum absolute atomic E-state index is 0.474. The number of hydrogen-bond donors (Lipinski definition) is 2. The summed E-state index contributed by atoms with van der Waals surface area (Å²) in [5.41, 5.74) is 9.46. The molecule has 2 rings (SSSR count). The first-order valence-corrected chi connectivity index (χ1v) is 5.01. The molecule has 3 nitrogen and oxygen atoms in total. The molecule has 0 unspecified atom stereocenters. The Bertz CT molecular complexity index is 278. The normalized spacial score (nSPS) is 16.9. The molecule has 0 atom stereocenters. The van der Waals surface area contributed by atoms with Gasteiger partial charge >= 0.3 is 0 Å². The van der Waals surface area contributed by atoms with Crippen LogP contribution in [0.1, 0.15) is 55.5 Å². The number of H-pyrrole nitrogens is 1. The summed E-state index contributed by atoms with van der Waals surface area (Å²) >= 11 is 0. The molecular formula is C10H17N3. The summed E-state index contributed by atoms with van der Waals surface area (Å²) in [4.78, 5) is 0. The number of nitrogens with two attached hydrogens (primary N) is 1. The molecule has 1 heterocycles. The molecule has 13 heavy (non-hydrogen) atoms. The Kier molecular flexibility index (Phi) is 2.12. The van der Waals surface area contributed by atoms with Crippen molar-refractivity contribution in [3.63, 3.8) is 0 Å². The summed E-state index contributed by atoms with van der Waals surface area (Å²) in [6.07, 6.45) is 2.60. The van der Waals surface area contributed by atoms with Gasteiger partial charge in [-0.3, -0.25) is 5.10 Å². The number of rotatable bonds is 3. The van der Waals surface area contributed by atoms with Gasteiger partial charge < -0.3 is 5.73 Å². The number of aromatic nitrogens is 2. The van der Waals surface area contributed by atoms with Gasteiger partial charge in [-0.05, 0) is 18.8 Å². The van der Waals surface area contributed by atoms with Crippen molar-refractivity contribution in [2.24, 2.45) is 5.73 Å². The zero-order valence-corrected chi connectivity index (χ0v) is 8.30. The molecule has 1 aromatic rings.